The van der Waals surface area contributed by atoms with E-state index >= 15 is 0 Å². The number of benzene rings is 5. The predicted molar refractivity (Wildman–Crippen MR) is 173 cm³/mol. The highest BCUT2D eigenvalue weighted by molar-refractivity contribution is 7.99. The fraction of sp³-hybridized carbons (Fsp3) is 0.167. The molecule has 6 heteroatoms. The number of hydrogen-bond donors (Lipinski definition) is 2. The van der Waals surface area contributed by atoms with Crippen molar-refractivity contribution in [3.63, 3.8) is 0 Å². The molecule has 5 rings (SSSR count). The summed E-state index contributed by atoms with van der Waals surface area (Å²) in [4.78, 5) is 29.1. The van der Waals surface area contributed by atoms with Crippen LogP contribution in [0.25, 0.3) is 10.8 Å². The highest BCUT2D eigenvalue weighted by atomic mass is 32.2. The number of carbonyl (C=O) groups is 2. The Bertz CT molecular complexity index is 1650. The van der Waals surface area contributed by atoms with Gasteiger partial charge in [0.25, 0.3) is 0 Å². The Morgan fingerprint density at radius 3 is 2.26 bits per heavy atom. The van der Waals surface area contributed by atoms with Crippen LogP contribution in [0.15, 0.2) is 131 Å². The number of aliphatic carboxylic acids is 1. The quantitative estimate of drug-likeness (QED) is 0.165. The number of nitrogens with zero attached hydrogens (tertiary/aromatic N) is 1. The van der Waals surface area contributed by atoms with Crippen LogP contribution in [0.2, 0.25) is 0 Å². The second-order valence-corrected chi connectivity index (χ2v) is 11.3. The van der Waals surface area contributed by atoms with Crippen molar-refractivity contribution < 1.29 is 14.7 Å². The molecule has 212 valence electrons. The molecule has 1 unspecified atom stereocenters. The van der Waals surface area contributed by atoms with E-state index in [0.717, 1.165) is 50.3 Å². The summed E-state index contributed by atoms with van der Waals surface area (Å²) in [5.41, 5.74) is 3.62. The fourth-order valence-electron chi connectivity index (χ4n) is 5.06. The number of carbonyl (C=O) groups excluding carboxylic acids is 1. The highest BCUT2D eigenvalue weighted by Crippen LogP contribution is 2.32. The van der Waals surface area contributed by atoms with Crippen LogP contribution in [0, 0.1) is 0 Å². The first-order valence-electron chi connectivity index (χ1n) is 14.2. The van der Waals surface area contributed by atoms with Crippen LogP contribution in [0.4, 0.5) is 16.2 Å². The molecule has 5 aromatic rings. The molecule has 2 amide bonds. The van der Waals surface area contributed by atoms with E-state index in [9.17, 15) is 14.7 Å². The number of urea groups is 1. The number of carboxylic acids is 1. The summed E-state index contributed by atoms with van der Waals surface area (Å²) >= 11 is 1.59. The van der Waals surface area contributed by atoms with E-state index in [4.69, 9.17) is 0 Å². The summed E-state index contributed by atoms with van der Waals surface area (Å²) in [7, 11) is 0. The van der Waals surface area contributed by atoms with Crippen LogP contribution in [-0.4, -0.2) is 23.7 Å². The van der Waals surface area contributed by atoms with Crippen LogP contribution >= 0.6 is 11.8 Å². The molecule has 0 saturated carbocycles. The first kappa shape index (κ1) is 29.0. The summed E-state index contributed by atoms with van der Waals surface area (Å²) in [6.45, 7) is 2.44. The molecule has 42 heavy (non-hydrogen) atoms. The lowest BCUT2D eigenvalue weighted by Gasteiger charge is -2.24. The zero-order chi connectivity index (χ0) is 29.3. The number of hydrogen-bond acceptors (Lipinski definition) is 3. The molecular weight excluding hydrogens is 540 g/mol. The minimum atomic E-state index is -0.806. The summed E-state index contributed by atoms with van der Waals surface area (Å²) in [6, 6.07) is 39.9. The Morgan fingerprint density at radius 2 is 1.52 bits per heavy atom. The van der Waals surface area contributed by atoms with E-state index < -0.39 is 11.9 Å². The Balaban J connectivity index is 1.35. The second-order valence-electron chi connectivity index (χ2n) is 10.2. The summed E-state index contributed by atoms with van der Waals surface area (Å²) in [5, 5.41) is 14.8. The molecule has 5 aromatic carbocycles. The average Bonchev–Trinajstić information content (AvgIpc) is 3.01. The second kappa shape index (κ2) is 13.9. The van der Waals surface area contributed by atoms with E-state index in [-0.39, 0.29) is 6.03 Å². The molecule has 0 radical (unpaired) electrons. The zero-order valence-electron chi connectivity index (χ0n) is 23.6. The van der Waals surface area contributed by atoms with Crippen LogP contribution in [0.5, 0.6) is 0 Å². The van der Waals surface area contributed by atoms with Gasteiger partial charge in [0.2, 0.25) is 0 Å². The van der Waals surface area contributed by atoms with Gasteiger partial charge < -0.3 is 10.4 Å². The summed E-state index contributed by atoms with van der Waals surface area (Å²) in [5.74, 6) is -1.31. The lowest BCUT2D eigenvalue weighted by atomic mass is 9.97. The van der Waals surface area contributed by atoms with Gasteiger partial charge in [-0.05, 0) is 83.6 Å². The van der Waals surface area contributed by atoms with Crippen LogP contribution in [0.3, 0.4) is 0 Å². The van der Waals surface area contributed by atoms with Crippen molar-refractivity contribution in [2.45, 2.75) is 41.9 Å². The molecule has 5 nitrogen and oxygen atoms in total. The van der Waals surface area contributed by atoms with Crippen LogP contribution in [0.1, 0.15) is 36.8 Å². The number of amides is 2. The molecule has 0 heterocycles. The SMILES string of the molecule is CCC(C(=O)O)c1ccc(Sc2cccc(N(CCCc3ccccc3)C(=O)Nc3ccc4ccccc4c3)c2)cc1. The molecule has 0 fully saturated rings. The molecule has 0 aliphatic heterocycles. The minimum Gasteiger partial charge on any atom is -0.481 e. The van der Waals surface area contributed by atoms with Gasteiger partial charge in [-0.3, -0.25) is 9.69 Å². The molecular formula is C36H34N2O3S. The zero-order valence-corrected chi connectivity index (χ0v) is 24.4. The van der Waals surface area contributed by atoms with Gasteiger partial charge in [0.15, 0.2) is 0 Å². The number of rotatable bonds is 11. The first-order chi connectivity index (χ1) is 20.5. The molecule has 1 atom stereocenters. The average molecular weight is 575 g/mol. The Kier molecular flexibility index (Phi) is 9.57. The number of nitrogens with one attached hydrogen (secondary N) is 1. The number of carboxylic acid groups (broad SMARTS) is 1. The number of aryl methyl sites for hydroxylation is 1. The third kappa shape index (κ3) is 7.39. The normalized spacial score (nSPS) is 11.6. The first-order valence-corrected chi connectivity index (χ1v) is 15.0. The van der Waals surface area contributed by atoms with Crippen molar-refractivity contribution in [1.82, 2.24) is 0 Å². The third-order valence-electron chi connectivity index (χ3n) is 7.29. The van der Waals surface area contributed by atoms with Gasteiger partial charge in [-0.25, -0.2) is 4.79 Å². The molecule has 0 saturated heterocycles. The van der Waals surface area contributed by atoms with Crippen LogP contribution < -0.4 is 10.2 Å². The molecule has 0 bridgehead atoms. The molecule has 0 spiro atoms. The van der Waals surface area contributed by atoms with Crippen molar-refractivity contribution in [1.29, 1.82) is 0 Å². The standard InChI is InChI=1S/C36H34N2O3S/c1-2-34(35(39)40)28-18-21-32(22-19-28)42-33-16-8-15-31(25-33)38(23-9-12-26-10-4-3-5-11-26)36(41)37-30-20-17-27-13-6-7-14-29(27)24-30/h3-8,10-11,13-22,24-25,34H,2,9,12,23H2,1H3,(H,37,41)(H,39,40). The minimum absolute atomic E-state index is 0.177. The van der Waals surface area contributed by atoms with Crippen LogP contribution in [-0.2, 0) is 11.2 Å². The van der Waals surface area contributed by atoms with Crippen molar-refractivity contribution in [3.05, 3.63) is 132 Å². The Labute approximate surface area is 251 Å². The van der Waals surface area contributed by atoms with Crippen molar-refractivity contribution >= 4 is 45.9 Å². The maximum atomic E-state index is 13.7. The Hall–Kier alpha value is -4.55. The lowest BCUT2D eigenvalue weighted by Crippen LogP contribution is -2.36. The van der Waals surface area contributed by atoms with Gasteiger partial charge in [-0.1, -0.05) is 97.5 Å². The highest BCUT2D eigenvalue weighted by Gasteiger charge is 2.18. The predicted octanol–water partition coefficient (Wildman–Crippen LogP) is 9.24. The van der Waals surface area contributed by atoms with Crippen molar-refractivity contribution in [2.75, 3.05) is 16.8 Å². The van der Waals surface area contributed by atoms with Gasteiger partial charge in [-0.15, -0.1) is 0 Å². The smallest absolute Gasteiger partial charge is 0.326 e. The fourth-order valence-corrected chi connectivity index (χ4v) is 5.93. The largest absolute Gasteiger partial charge is 0.481 e. The van der Waals surface area contributed by atoms with Gasteiger partial charge in [0.1, 0.15) is 0 Å². The van der Waals surface area contributed by atoms with E-state index in [1.165, 1.54) is 5.56 Å². The van der Waals surface area contributed by atoms with Crippen molar-refractivity contribution in [2.24, 2.45) is 0 Å². The van der Waals surface area contributed by atoms with E-state index in [2.05, 4.69) is 23.5 Å². The maximum absolute atomic E-state index is 13.7. The lowest BCUT2D eigenvalue weighted by molar-refractivity contribution is -0.138. The monoisotopic (exact) mass is 574 g/mol. The van der Waals surface area contributed by atoms with E-state index in [1.54, 1.807) is 11.8 Å². The third-order valence-corrected chi connectivity index (χ3v) is 8.29. The molecule has 0 aliphatic carbocycles. The maximum Gasteiger partial charge on any atom is 0.326 e. The van der Waals surface area contributed by atoms with Gasteiger partial charge in [0, 0.05) is 27.7 Å². The number of anilines is 2. The van der Waals surface area contributed by atoms with Crippen molar-refractivity contribution in [3.8, 4) is 0 Å². The van der Waals surface area contributed by atoms with Gasteiger partial charge in [-0.2, -0.15) is 0 Å². The summed E-state index contributed by atoms with van der Waals surface area (Å²) < 4.78 is 0. The van der Waals surface area contributed by atoms with Gasteiger partial charge in [0.05, 0.1) is 5.92 Å². The molecule has 0 aromatic heterocycles. The van der Waals surface area contributed by atoms with Gasteiger partial charge >= 0.3 is 12.0 Å². The number of fused-ring (bicyclic) bond motifs is 1. The topological polar surface area (TPSA) is 69.6 Å². The Morgan fingerprint density at radius 1 is 0.786 bits per heavy atom. The summed E-state index contributed by atoms with van der Waals surface area (Å²) in [6.07, 6.45) is 2.23. The van der Waals surface area contributed by atoms with E-state index in [1.807, 2.05) is 115 Å². The molecule has 0 aliphatic rings. The molecule has 2 N–H and O–H groups in total. The van der Waals surface area contributed by atoms with E-state index in [0.29, 0.717) is 13.0 Å².